The van der Waals surface area contributed by atoms with E-state index in [0.29, 0.717) is 11.1 Å². The normalized spacial score (nSPS) is 11.9. The van der Waals surface area contributed by atoms with Gasteiger partial charge in [0, 0.05) is 16.5 Å². The summed E-state index contributed by atoms with van der Waals surface area (Å²) in [5, 5.41) is 10.0. The van der Waals surface area contributed by atoms with Crippen LogP contribution in [-0.4, -0.2) is 26.6 Å². The highest BCUT2D eigenvalue weighted by molar-refractivity contribution is 6.34. The number of benzene rings is 2. The number of hydrogen-bond donors (Lipinski definition) is 2. The summed E-state index contributed by atoms with van der Waals surface area (Å²) < 4.78 is 40.3. The summed E-state index contributed by atoms with van der Waals surface area (Å²) in [7, 11) is 0. The standard InChI is InChI=1S/C27H23ClF3N5O3/c1-26(2,3)25(39)32-14-18-9-10-21(28)22(34-18)23(37)35-17-8-7-15-13-33-36(24(38)20(15)12-17)19-6-4-5-16(11-19)27(29,30)31/h4-13H,14H2,1-3H3,(H,32,39)(H,35,37). The lowest BCUT2D eigenvalue weighted by molar-refractivity contribution is -0.137. The molecule has 0 saturated carbocycles. The van der Waals surface area contributed by atoms with Crippen LogP contribution in [-0.2, 0) is 17.5 Å². The third kappa shape index (κ3) is 6.26. The molecule has 0 aliphatic carbocycles. The predicted molar refractivity (Wildman–Crippen MR) is 141 cm³/mol. The summed E-state index contributed by atoms with van der Waals surface area (Å²) in [6.07, 6.45) is -3.24. The highest BCUT2D eigenvalue weighted by atomic mass is 35.5. The Bertz CT molecular complexity index is 1640. The number of nitrogens with one attached hydrogen (secondary N) is 2. The van der Waals surface area contributed by atoms with Gasteiger partial charge in [-0.15, -0.1) is 0 Å². The first-order valence-electron chi connectivity index (χ1n) is 11.7. The first-order valence-corrected chi connectivity index (χ1v) is 12.1. The van der Waals surface area contributed by atoms with E-state index >= 15 is 0 Å². The molecule has 0 atom stereocenters. The highest BCUT2D eigenvalue weighted by Crippen LogP contribution is 2.30. The molecule has 2 amide bonds. The summed E-state index contributed by atoms with van der Waals surface area (Å²) in [4.78, 5) is 42.5. The lowest BCUT2D eigenvalue weighted by Crippen LogP contribution is -2.34. The van der Waals surface area contributed by atoms with Crippen molar-refractivity contribution in [1.29, 1.82) is 0 Å². The van der Waals surface area contributed by atoms with Gasteiger partial charge in [-0.1, -0.05) is 44.5 Å². The molecule has 2 heterocycles. The van der Waals surface area contributed by atoms with Gasteiger partial charge in [0.15, 0.2) is 0 Å². The number of alkyl halides is 3. The summed E-state index contributed by atoms with van der Waals surface area (Å²) in [5.41, 5.74) is -1.69. The molecule has 0 radical (unpaired) electrons. The third-order valence-electron chi connectivity index (χ3n) is 5.69. The molecule has 0 saturated heterocycles. The Labute approximate surface area is 225 Å². The molecule has 202 valence electrons. The van der Waals surface area contributed by atoms with Crippen LogP contribution in [0.25, 0.3) is 16.5 Å². The van der Waals surface area contributed by atoms with E-state index in [-0.39, 0.29) is 39.9 Å². The van der Waals surface area contributed by atoms with E-state index in [9.17, 15) is 27.6 Å². The highest BCUT2D eigenvalue weighted by Gasteiger charge is 2.30. The van der Waals surface area contributed by atoms with Crippen LogP contribution in [0.1, 0.15) is 42.5 Å². The Balaban J connectivity index is 1.61. The van der Waals surface area contributed by atoms with E-state index in [1.54, 1.807) is 32.9 Å². The van der Waals surface area contributed by atoms with Crippen molar-refractivity contribution in [2.24, 2.45) is 5.41 Å². The molecule has 0 unspecified atom stereocenters. The van der Waals surface area contributed by atoms with Crippen LogP contribution < -0.4 is 16.2 Å². The number of hydrogen-bond acceptors (Lipinski definition) is 5. The molecule has 0 spiro atoms. The maximum atomic E-state index is 13.1. The largest absolute Gasteiger partial charge is 0.416 e. The Hall–Kier alpha value is -4.25. The molecule has 0 fully saturated rings. The maximum absolute atomic E-state index is 13.1. The summed E-state index contributed by atoms with van der Waals surface area (Å²) >= 11 is 6.19. The molecule has 0 bridgehead atoms. The van der Waals surface area contributed by atoms with Crippen LogP contribution >= 0.6 is 11.6 Å². The van der Waals surface area contributed by atoms with Crippen LogP contribution in [0.4, 0.5) is 18.9 Å². The molecule has 12 heteroatoms. The van der Waals surface area contributed by atoms with Crippen molar-refractivity contribution in [3.05, 3.63) is 93.1 Å². The maximum Gasteiger partial charge on any atom is 0.416 e. The number of rotatable bonds is 5. The quantitative estimate of drug-likeness (QED) is 0.343. The second kappa shape index (κ2) is 10.5. The van der Waals surface area contributed by atoms with Crippen LogP contribution in [0.15, 0.2) is 65.6 Å². The zero-order valence-corrected chi connectivity index (χ0v) is 21.8. The molecule has 4 aromatic rings. The third-order valence-corrected chi connectivity index (χ3v) is 6.00. The summed E-state index contributed by atoms with van der Waals surface area (Å²) in [6, 6.07) is 11.8. The van der Waals surface area contributed by atoms with E-state index in [1.807, 2.05) is 0 Å². The van der Waals surface area contributed by atoms with E-state index in [0.717, 1.165) is 16.8 Å². The van der Waals surface area contributed by atoms with E-state index < -0.39 is 28.6 Å². The van der Waals surface area contributed by atoms with Gasteiger partial charge in [0.05, 0.1) is 40.1 Å². The number of carbonyl (C=O) groups is 2. The number of pyridine rings is 1. The van der Waals surface area contributed by atoms with Crippen LogP contribution in [0, 0.1) is 5.41 Å². The Kier molecular flexibility index (Phi) is 7.47. The van der Waals surface area contributed by atoms with E-state index in [4.69, 9.17) is 11.6 Å². The van der Waals surface area contributed by atoms with Crippen molar-refractivity contribution in [3.8, 4) is 5.69 Å². The van der Waals surface area contributed by atoms with Gasteiger partial charge in [0.25, 0.3) is 11.5 Å². The fourth-order valence-electron chi connectivity index (χ4n) is 3.58. The van der Waals surface area contributed by atoms with Gasteiger partial charge in [-0.25, -0.2) is 4.98 Å². The summed E-state index contributed by atoms with van der Waals surface area (Å²) in [6.45, 7) is 5.39. The second-order valence-electron chi connectivity index (χ2n) is 9.73. The molecule has 4 rings (SSSR count). The Morgan fingerprint density at radius 3 is 2.46 bits per heavy atom. The van der Waals surface area contributed by atoms with Crippen molar-refractivity contribution < 1.29 is 22.8 Å². The van der Waals surface area contributed by atoms with Crippen molar-refractivity contribution in [3.63, 3.8) is 0 Å². The molecule has 0 aliphatic rings. The molecular formula is C27H23ClF3N5O3. The molecule has 2 aromatic carbocycles. The first-order chi connectivity index (χ1) is 18.2. The monoisotopic (exact) mass is 557 g/mol. The Morgan fingerprint density at radius 2 is 1.77 bits per heavy atom. The number of anilines is 1. The van der Waals surface area contributed by atoms with Crippen LogP contribution in [0.5, 0.6) is 0 Å². The molecule has 0 aliphatic heterocycles. The average molecular weight is 558 g/mol. The fourth-order valence-corrected chi connectivity index (χ4v) is 3.77. The van der Waals surface area contributed by atoms with Crippen molar-refractivity contribution in [2.45, 2.75) is 33.5 Å². The number of aromatic nitrogens is 3. The second-order valence-corrected chi connectivity index (χ2v) is 10.1. The van der Waals surface area contributed by atoms with Gasteiger partial charge in [-0.2, -0.15) is 23.0 Å². The van der Waals surface area contributed by atoms with E-state index in [2.05, 4.69) is 20.7 Å². The van der Waals surface area contributed by atoms with Gasteiger partial charge in [0.2, 0.25) is 5.91 Å². The van der Waals surface area contributed by atoms with Crippen molar-refractivity contribution in [1.82, 2.24) is 20.1 Å². The minimum Gasteiger partial charge on any atom is -0.350 e. The molecule has 2 aromatic heterocycles. The van der Waals surface area contributed by atoms with Crippen LogP contribution in [0.3, 0.4) is 0 Å². The van der Waals surface area contributed by atoms with E-state index in [1.165, 1.54) is 36.5 Å². The molecule has 2 N–H and O–H groups in total. The Morgan fingerprint density at radius 1 is 1.03 bits per heavy atom. The number of fused-ring (bicyclic) bond motifs is 1. The first kappa shape index (κ1) is 27.8. The molecular weight excluding hydrogens is 535 g/mol. The van der Waals surface area contributed by atoms with Gasteiger partial charge in [0.1, 0.15) is 5.69 Å². The predicted octanol–water partition coefficient (Wildman–Crippen LogP) is 5.37. The number of amides is 2. The smallest absolute Gasteiger partial charge is 0.350 e. The SMILES string of the molecule is CC(C)(C)C(=O)NCc1ccc(Cl)c(C(=O)Nc2ccc3cnn(-c4cccc(C(F)(F)F)c4)c(=O)c3c2)n1. The van der Waals surface area contributed by atoms with Gasteiger partial charge < -0.3 is 10.6 Å². The van der Waals surface area contributed by atoms with Crippen molar-refractivity contribution >= 4 is 39.9 Å². The topological polar surface area (TPSA) is 106 Å². The lowest BCUT2D eigenvalue weighted by Gasteiger charge is -2.17. The zero-order chi connectivity index (χ0) is 28.5. The zero-order valence-electron chi connectivity index (χ0n) is 21.1. The molecule has 8 nitrogen and oxygen atoms in total. The minimum absolute atomic E-state index is 0.0579. The lowest BCUT2D eigenvalue weighted by atomic mass is 9.96. The number of halogens is 4. The van der Waals surface area contributed by atoms with Crippen LogP contribution in [0.2, 0.25) is 5.02 Å². The number of nitrogens with zero attached hydrogens (tertiary/aromatic N) is 3. The minimum atomic E-state index is -4.58. The van der Waals surface area contributed by atoms with Gasteiger partial charge in [-0.3, -0.25) is 14.4 Å². The van der Waals surface area contributed by atoms with Gasteiger partial charge >= 0.3 is 6.18 Å². The average Bonchev–Trinajstić information content (AvgIpc) is 2.87. The number of carbonyl (C=O) groups excluding carboxylic acids is 2. The fraction of sp³-hybridized carbons (Fsp3) is 0.222. The van der Waals surface area contributed by atoms with Crippen molar-refractivity contribution in [2.75, 3.05) is 5.32 Å². The summed E-state index contributed by atoms with van der Waals surface area (Å²) in [5.74, 6) is -0.845. The molecule has 39 heavy (non-hydrogen) atoms. The van der Waals surface area contributed by atoms with Gasteiger partial charge in [-0.05, 0) is 42.5 Å².